The molecule has 0 atom stereocenters. The van der Waals surface area contributed by atoms with Gasteiger partial charge in [0, 0.05) is 7.05 Å². The van der Waals surface area contributed by atoms with Crippen LogP contribution in [0.4, 0.5) is 0 Å². The number of aryl methyl sites for hydroxylation is 1. The Kier molecular flexibility index (Phi) is 3.95. The van der Waals surface area contributed by atoms with Crippen LogP contribution in [0.25, 0.3) is 16.6 Å². The second-order valence-corrected chi connectivity index (χ2v) is 5.93. The third kappa shape index (κ3) is 2.50. The van der Waals surface area contributed by atoms with Gasteiger partial charge in [-0.2, -0.15) is 0 Å². The summed E-state index contributed by atoms with van der Waals surface area (Å²) >= 11 is 11.8. The maximum Gasteiger partial charge on any atom is 0.335 e. The van der Waals surface area contributed by atoms with E-state index in [9.17, 15) is 14.4 Å². The molecule has 0 amide bonds. The van der Waals surface area contributed by atoms with Gasteiger partial charge in [-0.25, -0.2) is 14.2 Å². The lowest BCUT2D eigenvalue weighted by Gasteiger charge is -2.11. The van der Waals surface area contributed by atoms with E-state index >= 15 is 0 Å². The first-order valence-electron chi connectivity index (χ1n) is 6.76. The van der Waals surface area contributed by atoms with Crippen molar-refractivity contribution in [3.05, 3.63) is 72.8 Å². The predicted molar refractivity (Wildman–Crippen MR) is 91.8 cm³/mol. The van der Waals surface area contributed by atoms with E-state index in [0.717, 1.165) is 4.57 Å². The fourth-order valence-corrected chi connectivity index (χ4v) is 2.73. The standard InChI is InChI=1S/C16H10Cl2N2O4/c1-19-13-6-8(15(22)23)2-4-10(13)14(21)20(16(19)24)9-3-5-11(17)12(18)7-9/h2-7H,1H3,(H,22,23). The molecule has 0 saturated carbocycles. The fraction of sp³-hybridized carbons (Fsp3) is 0.0625. The molecule has 122 valence electrons. The van der Waals surface area contributed by atoms with Gasteiger partial charge >= 0.3 is 11.7 Å². The lowest BCUT2D eigenvalue weighted by molar-refractivity contribution is 0.0697. The molecule has 0 saturated heterocycles. The van der Waals surface area contributed by atoms with Crippen LogP contribution in [-0.4, -0.2) is 20.2 Å². The van der Waals surface area contributed by atoms with Gasteiger partial charge in [0.1, 0.15) is 0 Å². The van der Waals surface area contributed by atoms with Crippen LogP contribution in [0.15, 0.2) is 46.0 Å². The molecule has 24 heavy (non-hydrogen) atoms. The van der Waals surface area contributed by atoms with Crippen molar-refractivity contribution in [1.29, 1.82) is 0 Å². The first kappa shape index (κ1) is 16.3. The summed E-state index contributed by atoms with van der Waals surface area (Å²) in [6.07, 6.45) is 0. The molecule has 1 heterocycles. The number of rotatable bonds is 2. The Hall–Kier alpha value is -2.57. The summed E-state index contributed by atoms with van der Waals surface area (Å²) < 4.78 is 2.18. The van der Waals surface area contributed by atoms with Crippen LogP contribution in [0.2, 0.25) is 10.0 Å². The van der Waals surface area contributed by atoms with Gasteiger partial charge in [-0.1, -0.05) is 23.2 Å². The van der Waals surface area contributed by atoms with Crippen LogP contribution < -0.4 is 11.2 Å². The van der Waals surface area contributed by atoms with Gasteiger partial charge in [0.15, 0.2) is 0 Å². The molecule has 8 heteroatoms. The monoisotopic (exact) mass is 364 g/mol. The number of hydrogen-bond donors (Lipinski definition) is 1. The minimum atomic E-state index is -1.14. The number of nitrogens with zero attached hydrogens (tertiary/aromatic N) is 2. The molecule has 1 N–H and O–H groups in total. The molecule has 0 aliphatic rings. The Balaban J connectivity index is 2.41. The molecule has 3 aromatic rings. The van der Waals surface area contributed by atoms with Crippen LogP contribution in [0.1, 0.15) is 10.4 Å². The summed E-state index contributed by atoms with van der Waals surface area (Å²) in [6, 6.07) is 8.41. The van der Waals surface area contributed by atoms with Crippen LogP contribution in [-0.2, 0) is 7.05 Å². The Morgan fingerprint density at radius 1 is 1.04 bits per heavy atom. The first-order chi connectivity index (χ1) is 11.3. The van der Waals surface area contributed by atoms with E-state index in [0.29, 0.717) is 5.02 Å². The maximum absolute atomic E-state index is 12.7. The highest BCUT2D eigenvalue weighted by molar-refractivity contribution is 6.42. The fourth-order valence-electron chi connectivity index (χ4n) is 2.44. The number of aromatic nitrogens is 2. The second-order valence-electron chi connectivity index (χ2n) is 5.12. The smallest absolute Gasteiger partial charge is 0.335 e. The minimum absolute atomic E-state index is 0.0100. The molecule has 0 bridgehead atoms. The van der Waals surface area contributed by atoms with Crippen LogP contribution >= 0.6 is 23.2 Å². The number of carbonyl (C=O) groups is 1. The Bertz CT molecular complexity index is 1120. The quantitative estimate of drug-likeness (QED) is 0.757. The molecule has 0 aliphatic carbocycles. The molecule has 0 fully saturated rings. The van der Waals surface area contributed by atoms with Crippen molar-refractivity contribution in [2.24, 2.45) is 7.05 Å². The van der Waals surface area contributed by atoms with Gasteiger partial charge in [-0.05, 0) is 36.4 Å². The molecule has 2 aromatic carbocycles. The molecule has 0 unspecified atom stereocenters. The van der Waals surface area contributed by atoms with E-state index in [1.54, 1.807) is 0 Å². The highest BCUT2D eigenvalue weighted by atomic mass is 35.5. The molecular formula is C16H10Cl2N2O4. The van der Waals surface area contributed by atoms with E-state index in [-0.39, 0.29) is 27.2 Å². The predicted octanol–water partition coefficient (Wildman–Crippen LogP) is 2.69. The van der Waals surface area contributed by atoms with Crippen LogP contribution in [0.5, 0.6) is 0 Å². The zero-order chi connectivity index (χ0) is 17.6. The van der Waals surface area contributed by atoms with Crippen molar-refractivity contribution in [2.45, 2.75) is 0 Å². The first-order valence-corrected chi connectivity index (χ1v) is 7.51. The van der Waals surface area contributed by atoms with Crippen molar-refractivity contribution in [2.75, 3.05) is 0 Å². The lowest BCUT2D eigenvalue weighted by atomic mass is 10.1. The summed E-state index contributed by atoms with van der Waals surface area (Å²) in [5.74, 6) is -1.14. The molecule has 3 rings (SSSR count). The highest BCUT2D eigenvalue weighted by Crippen LogP contribution is 2.23. The molecule has 0 spiro atoms. The third-order valence-electron chi connectivity index (χ3n) is 3.68. The number of halogens is 2. The largest absolute Gasteiger partial charge is 0.478 e. The highest BCUT2D eigenvalue weighted by Gasteiger charge is 2.15. The second kappa shape index (κ2) is 5.81. The van der Waals surface area contributed by atoms with E-state index in [1.807, 2.05) is 0 Å². The zero-order valence-corrected chi connectivity index (χ0v) is 13.8. The summed E-state index contributed by atoms with van der Waals surface area (Å²) in [5.41, 5.74) is -0.679. The van der Waals surface area contributed by atoms with Crippen molar-refractivity contribution in [1.82, 2.24) is 9.13 Å². The van der Waals surface area contributed by atoms with Crippen LogP contribution in [0, 0.1) is 0 Å². The number of benzene rings is 2. The van der Waals surface area contributed by atoms with Crippen LogP contribution in [0.3, 0.4) is 0 Å². The SMILES string of the molecule is Cn1c(=O)n(-c2ccc(Cl)c(Cl)c2)c(=O)c2ccc(C(=O)O)cc21. The van der Waals surface area contributed by atoms with Crippen molar-refractivity contribution >= 4 is 40.1 Å². The van der Waals surface area contributed by atoms with E-state index in [4.69, 9.17) is 28.3 Å². The van der Waals surface area contributed by atoms with Gasteiger partial charge in [-0.3, -0.25) is 9.36 Å². The van der Waals surface area contributed by atoms with E-state index < -0.39 is 17.2 Å². The number of carboxylic acids is 1. The molecular weight excluding hydrogens is 355 g/mol. The topological polar surface area (TPSA) is 81.3 Å². The van der Waals surface area contributed by atoms with Crippen molar-refractivity contribution in [3.63, 3.8) is 0 Å². The molecule has 0 aliphatic heterocycles. The third-order valence-corrected chi connectivity index (χ3v) is 4.42. The summed E-state index contributed by atoms with van der Waals surface area (Å²) in [4.78, 5) is 36.4. The molecule has 1 aromatic heterocycles. The number of hydrogen-bond acceptors (Lipinski definition) is 3. The Morgan fingerprint density at radius 2 is 1.75 bits per heavy atom. The normalized spacial score (nSPS) is 11.0. The Morgan fingerprint density at radius 3 is 2.38 bits per heavy atom. The zero-order valence-electron chi connectivity index (χ0n) is 12.3. The van der Waals surface area contributed by atoms with Crippen molar-refractivity contribution in [3.8, 4) is 5.69 Å². The van der Waals surface area contributed by atoms with Gasteiger partial charge in [0.25, 0.3) is 5.56 Å². The van der Waals surface area contributed by atoms with Gasteiger partial charge in [-0.15, -0.1) is 0 Å². The maximum atomic E-state index is 12.7. The summed E-state index contributed by atoms with van der Waals surface area (Å²) in [7, 11) is 1.46. The number of carboxylic acid groups (broad SMARTS) is 1. The minimum Gasteiger partial charge on any atom is -0.478 e. The molecule has 0 radical (unpaired) electrons. The molecule has 6 nitrogen and oxygen atoms in total. The van der Waals surface area contributed by atoms with E-state index in [1.165, 1.54) is 48.0 Å². The van der Waals surface area contributed by atoms with Gasteiger partial charge < -0.3 is 5.11 Å². The lowest BCUT2D eigenvalue weighted by Crippen LogP contribution is -2.38. The number of fused-ring (bicyclic) bond motifs is 1. The van der Waals surface area contributed by atoms with Gasteiger partial charge in [0.05, 0.1) is 32.2 Å². The Labute approximate surface area is 145 Å². The average Bonchev–Trinajstić information content (AvgIpc) is 2.55. The van der Waals surface area contributed by atoms with E-state index in [2.05, 4.69) is 0 Å². The number of aromatic carboxylic acids is 1. The van der Waals surface area contributed by atoms with Crippen molar-refractivity contribution < 1.29 is 9.90 Å². The average molecular weight is 365 g/mol. The summed E-state index contributed by atoms with van der Waals surface area (Å²) in [6.45, 7) is 0. The summed E-state index contributed by atoms with van der Waals surface area (Å²) in [5, 5.41) is 9.80. The van der Waals surface area contributed by atoms with Gasteiger partial charge in [0.2, 0.25) is 0 Å².